The molecule has 0 heterocycles. The van der Waals surface area contributed by atoms with Crippen molar-refractivity contribution in [2.75, 3.05) is 0 Å². The van der Waals surface area contributed by atoms with Crippen LogP contribution in [-0.2, 0) is 9.59 Å². The summed E-state index contributed by atoms with van der Waals surface area (Å²) in [7, 11) is 0. The topological polar surface area (TPSA) is 137 Å². The third-order valence-electron chi connectivity index (χ3n) is 0.632. The van der Waals surface area contributed by atoms with Crippen LogP contribution >= 0.6 is 0 Å². The molecule has 5 N–H and O–H groups in total. The summed E-state index contributed by atoms with van der Waals surface area (Å²) >= 11 is 0. The number of carboxylic acid groups (broad SMARTS) is 2. The first-order valence-corrected chi connectivity index (χ1v) is 2.13. The Labute approximate surface area is 106 Å². The van der Waals surface area contributed by atoms with Gasteiger partial charge < -0.3 is 31.1 Å². The second-order valence-electron chi connectivity index (χ2n) is 1.41. The van der Waals surface area contributed by atoms with Crippen LogP contribution < -0.4 is 67.7 Å². The van der Waals surface area contributed by atoms with Crippen molar-refractivity contribution in [1.82, 2.24) is 6.15 Å². The molecule has 11 heavy (non-hydrogen) atoms. The second kappa shape index (κ2) is 8.59. The standard InChI is InChI=1S/C4H6O5.K.H3N/c5-2(4(8)9)1-3(6)7;;/h2,5H,1H2,(H,6,7)(H,8,9);;1H3/q;+1;/p-1. The number of carbonyl (C=O) groups excluding carboxylic acids is 2. The maximum atomic E-state index is 9.58. The molecule has 1 unspecified atom stereocenters. The van der Waals surface area contributed by atoms with Gasteiger partial charge in [0.15, 0.2) is 0 Å². The molecule has 0 radical (unpaired) electrons. The number of aliphatic hydroxyl groups excluding tert-OH is 1. The van der Waals surface area contributed by atoms with Crippen LogP contribution in [-0.4, -0.2) is 23.1 Å². The van der Waals surface area contributed by atoms with Crippen LogP contribution in [0.2, 0.25) is 0 Å². The van der Waals surface area contributed by atoms with E-state index in [0.29, 0.717) is 0 Å². The largest absolute Gasteiger partial charge is 1.00 e. The van der Waals surface area contributed by atoms with E-state index in [1.807, 2.05) is 0 Å². The predicted molar refractivity (Wildman–Crippen MR) is 26.6 cm³/mol. The van der Waals surface area contributed by atoms with Crippen LogP contribution in [0.5, 0.6) is 0 Å². The van der Waals surface area contributed by atoms with Gasteiger partial charge in [0.25, 0.3) is 0 Å². The Kier molecular flexibility index (Phi) is 13.7. The SMILES string of the molecule is O=C([O-])CC(O)C(=O)[O-].[K+].[NH4+]. The fourth-order valence-corrected chi connectivity index (χ4v) is 0.241. The first-order chi connectivity index (χ1) is 4.04. The number of carboxylic acids is 2. The Bertz CT molecular complexity index is 138. The molecule has 0 aromatic heterocycles. The van der Waals surface area contributed by atoms with Gasteiger partial charge in [-0.2, -0.15) is 0 Å². The van der Waals surface area contributed by atoms with Crippen molar-refractivity contribution in [3.05, 3.63) is 0 Å². The normalized spacial score (nSPS) is 10.3. The Morgan fingerprint density at radius 1 is 1.36 bits per heavy atom. The van der Waals surface area contributed by atoms with Gasteiger partial charge in [-0.25, -0.2) is 0 Å². The molecule has 0 aliphatic heterocycles. The van der Waals surface area contributed by atoms with Gasteiger partial charge in [-0.15, -0.1) is 0 Å². The van der Waals surface area contributed by atoms with Crippen molar-refractivity contribution in [1.29, 1.82) is 0 Å². The van der Waals surface area contributed by atoms with Gasteiger partial charge in [-0.05, 0) is 0 Å². The minimum atomic E-state index is -1.96. The molecule has 0 rings (SSSR count). The Hall–Kier alpha value is 0.496. The minimum absolute atomic E-state index is 0. The molecule has 0 aromatic rings. The van der Waals surface area contributed by atoms with Gasteiger partial charge >= 0.3 is 51.4 Å². The monoisotopic (exact) mass is 189 g/mol. The first-order valence-electron chi connectivity index (χ1n) is 2.13. The van der Waals surface area contributed by atoms with Crippen LogP contribution in [0, 0.1) is 0 Å². The maximum Gasteiger partial charge on any atom is 1.00 e. The average Bonchev–Trinajstić information content (AvgIpc) is 1.63. The van der Waals surface area contributed by atoms with Crippen LogP contribution in [0.25, 0.3) is 0 Å². The number of rotatable bonds is 3. The van der Waals surface area contributed by atoms with Crippen LogP contribution in [0.1, 0.15) is 6.42 Å². The van der Waals surface area contributed by atoms with Gasteiger partial charge in [0.2, 0.25) is 0 Å². The fraction of sp³-hybridized carbons (Fsp3) is 0.500. The quantitative estimate of drug-likeness (QED) is 0.425. The number of hydrogen-bond acceptors (Lipinski definition) is 5. The molecule has 6 nitrogen and oxygen atoms in total. The third-order valence-corrected chi connectivity index (χ3v) is 0.632. The Morgan fingerprint density at radius 3 is 1.82 bits per heavy atom. The zero-order chi connectivity index (χ0) is 7.44. The number of aliphatic carboxylic acids is 2. The molecule has 0 amide bonds. The summed E-state index contributed by atoms with van der Waals surface area (Å²) in [5, 5.41) is 27.3. The number of hydrogen-bond donors (Lipinski definition) is 2. The summed E-state index contributed by atoms with van der Waals surface area (Å²) in [6.07, 6.45) is -2.89. The first kappa shape index (κ1) is 17.5. The van der Waals surface area contributed by atoms with E-state index in [2.05, 4.69) is 0 Å². The molecule has 1 atom stereocenters. The molecule has 0 bridgehead atoms. The molecule has 7 heteroatoms. The number of carbonyl (C=O) groups is 2. The predicted octanol–water partition coefficient (Wildman–Crippen LogP) is -6.38. The molecule has 60 valence electrons. The van der Waals surface area contributed by atoms with E-state index in [1.165, 1.54) is 0 Å². The van der Waals surface area contributed by atoms with Crippen molar-refractivity contribution in [2.24, 2.45) is 0 Å². The summed E-state index contributed by atoms with van der Waals surface area (Å²) in [4.78, 5) is 19.1. The summed E-state index contributed by atoms with van der Waals surface area (Å²) in [5.74, 6) is -3.43. The van der Waals surface area contributed by atoms with Crippen molar-refractivity contribution in [3.63, 3.8) is 0 Å². The van der Waals surface area contributed by atoms with Crippen LogP contribution in [0.3, 0.4) is 0 Å². The summed E-state index contributed by atoms with van der Waals surface area (Å²) in [5.41, 5.74) is 0. The average molecular weight is 189 g/mol. The zero-order valence-electron chi connectivity index (χ0n) is 6.36. The van der Waals surface area contributed by atoms with Crippen molar-refractivity contribution >= 4 is 11.9 Å². The second-order valence-corrected chi connectivity index (χ2v) is 1.41. The molecule has 0 saturated heterocycles. The third kappa shape index (κ3) is 10.5. The molecule has 0 aliphatic carbocycles. The van der Waals surface area contributed by atoms with Crippen molar-refractivity contribution in [3.8, 4) is 0 Å². The smallest absolute Gasteiger partial charge is 0.550 e. The molecule has 0 spiro atoms. The number of aliphatic hydroxyl groups is 1. The van der Waals surface area contributed by atoms with E-state index >= 15 is 0 Å². The van der Waals surface area contributed by atoms with Crippen molar-refractivity contribution in [2.45, 2.75) is 12.5 Å². The molecule has 0 aromatic carbocycles. The molecule has 0 saturated carbocycles. The van der Waals surface area contributed by atoms with Gasteiger partial charge in [0, 0.05) is 12.4 Å². The van der Waals surface area contributed by atoms with E-state index in [0.717, 1.165) is 0 Å². The fourth-order valence-electron chi connectivity index (χ4n) is 0.241. The summed E-state index contributed by atoms with van der Waals surface area (Å²) in [6, 6.07) is 0. The molecule has 0 fully saturated rings. The number of quaternary nitrogens is 1. The van der Waals surface area contributed by atoms with E-state index in [9.17, 15) is 19.8 Å². The van der Waals surface area contributed by atoms with E-state index in [-0.39, 0.29) is 57.5 Å². The van der Waals surface area contributed by atoms with E-state index in [4.69, 9.17) is 5.11 Å². The maximum absolute atomic E-state index is 9.58. The van der Waals surface area contributed by atoms with Gasteiger partial charge in [0.05, 0.1) is 12.1 Å². The van der Waals surface area contributed by atoms with Crippen LogP contribution in [0.15, 0.2) is 0 Å². The van der Waals surface area contributed by atoms with E-state index < -0.39 is 24.5 Å². The Morgan fingerprint density at radius 2 is 1.73 bits per heavy atom. The molecule has 0 aliphatic rings. The van der Waals surface area contributed by atoms with Crippen LogP contribution in [0.4, 0.5) is 0 Å². The summed E-state index contributed by atoms with van der Waals surface area (Å²) < 4.78 is 0. The summed E-state index contributed by atoms with van der Waals surface area (Å²) in [6.45, 7) is 0. The zero-order valence-corrected chi connectivity index (χ0v) is 9.49. The van der Waals surface area contributed by atoms with Gasteiger partial charge in [-0.1, -0.05) is 0 Å². The molecular weight excluding hydrogens is 181 g/mol. The van der Waals surface area contributed by atoms with Gasteiger partial charge in [-0.3, -0.25) is 0 Å². The van der Waals surface area contributed by atoms with Crippen molar-refractivity contribution < 1.29 is 76.3 Å². The minimum Gasteiger partial charge on any atom is -0.550 e. The van der Waals surface area contributed by atoms with E-state index in [1.54, 1.807) is 0 Å². The molecular formula is C4H8KNO5. The van der Waals surface area contributed by atoms with Gasteiger partial charge in [0.1, 0.15) is 0 Å². The Balaban J connectivity index is -0.000000320.